The van der Waals surface area contributed by atoms with Crippen LogP contribution in [0.3, 0.4) is 0 Å². The second-order valence-corrected chi connectivity index (χ2v) is 3.73. The van der Waals surface area contributed by atoms with Crippen molar-refractivity contribution in [1.29, 1.82) is 5.26 Å². The fourth-order valence-corrected chi connectivity index (χ4v) is 1.56. The van der Waals surface area contributed by atoms with Crippen LogP contribution in [0.25, 0.3) is 0 Å². The molecule has 0 spiro atoms. The number of anilines is 1. The summed E-state index contributed by atoms with van der Waals surface area (Å²) in [5.41, 5.74) is 0.910. The van der Waals surface area contributed by atoms with Gasteiger partial charge in [-0.3, -0.25) is 4.79 Å². The van der Waals surface area contributed by atoms with Crippen LogP contribution in [-0.4, -0.2) is 5.91 Å². The van der Waals surface area contributed by atoms with Gasteiger partial charge in [0.25, 0.3) is 5.91 Å². The van der Waals surface area contributed by atoms with E-state index >= 15 is 0 Å². The molecule has 18 heavy (non-hydrogen) atoms. The molecule has 90 valence electrons. The number of carbonyl (C=O) groups excluding carboxylic acids is 1. The van der Waals surface area contributed by atoms with Crippen LogP contribution in [0.4, 0.5) is 5.69 Å². The van der Waals surface area contributed by atoms with Gasteiger partial charge in [-0.15, -0.1) is 0 Å². The van der Waals surface area contributed by atoms with E-state index in [0.717, 1.165) is 12.2 Å². The Bertz CT molecular complexity index is 608. The maximum absolute atomic E-state index is 11.9. The van der Waals surface area contributed by atoms with Crippen molar-refractivity contribution in [3.63, 3.8) is 0 Å². The minimum atomic E-state index is -0.350. The third-order valence-electron chi connectivity index (χ3n) is 2.53. The number of aryl methyl sites for hydroxylation is 1. The molecule has 1 heterocycles. The lowest BCUT2D eigenvalue weighted by Crippen LogP contribution is -2.11. The number of nitrogens with one attached hydrogen (secondary N) is 1. The van der Waals surface area contributed by atoms with Gasteiger partial charge in [-0.1, -0.05) is 19.1 Å². The number of furan rings is 1. The van der Waals surface area contributed by atoms with Crippen molar-refractivity contribution in [2.75, 3.05) is 5.32 Å². The lowest BCUT2D eigenvalue weighted by molar-refractivity contribution is 0.0995. The number of hydrogen-bond acceptors (Lipinski definition) is 3. The molecule has 4 nitrogen and oxygen atoms in total. The van der Waals surface area contributed by atoms with Gasteiger partial charge in [-0.25, -0.2) is 0 Å². The Morgan fingerprint density at radius 1 is 1.33 bits per heavy atom. The normalized spacial score (nSPS) is 9.78. The van der Waals surface area contributed by atoms with Crippen LogP contribution in [0.1, 0.15) is 28.8 Å². The summed E-state index contributed by atoms with van der Waals surface area (Å²) >= 11 is 0. The van der Waals surface area contributed by atoms with Crippen LogP contribution in [0, 0.1) is 11.3 Å². The van der Waals surface area contributed by atoms with Crippen LogP contribution in [0.5, 0.6) is 0 Å². The number of hydrogen-bond donors (Lipinski definition) is 1. The van der Waals surface area contributed by atoms with E-state index in [1.165, 1.54) is 0 Å². The topological polar surface area (TPSA) is 66.0 Å². The Hall–Kier alpha value is -2.54. The number of rotatable bonds is 3. The number of carbonyl (C=O) groups is 1. The zero-order valence-corrected chi connectivity index (χ0v) is 9.93. The van der Waals surface area contributed by atoms with Gasteiger partial charge in [-0.05, 0) is 24.3 Å². The average molecular weight is 240 g/mol. The second-order valence-electron chi connectivity index (χ2n) is 3.73. The quantitative estimate of drug-likeness (QED) is 0.896. The highest BCUT2D eigenvalue weighted by molar-refractivity contribution is 6.02. The Morgan fingerprint density at radius 2 is 2.11 bits per heavy atom. The smallest absolute Gasteiger partial charge is 0.291 e. The monoisotopic (exact) mass is 240 g/mol. The molecule has 0 radical (unpaired) electrons. The van der Waals surface area contributed by atoms with Gasteiger partial charge in [-0.2, -0.15) is 5.26 Å². The van der Waals surface area contributed by atoms with E-state index in [0.29, 0.717) is 11.3 Å². The summed E-state index contributed by atoms with van der Waals surface area (Å²) in [7, 11) is 0. The highest BCUT2D eigenvalue weighted by Gasteiger charge is 2.12. The Morgan fingerprint density at radius 3 is 2.78 bits per heavy atom. The molecule has 0 aliphatic carbocycles. The molecular formula is C14H12N2O2. The maximum Gasteiger partial charge on any atom is 0.291 e. The molecule has 2 rings (SSSR count). The third-order valence-corrected chi connectivity index (χ3v) is 2.53. The SMILES string of the molecule is CCc1ccc(C(=O)Nc2ccccc2C#N)o1. The second kappa shape index (κ2) is 5.19. The van der Waals surface area contributed by atoms with Crippen molar-refractivity contribution in [3.8, 4) is 6.07 Å². The Labute approximate surface area is 105 Å². The predicted octanol–water partition coefficient (Wildman–Crippen LogP) is 2.97. The minimum absolute atomic E-state index is 0.250. The van der Waals surface area contributed by atoms with E-state index in [-0.39, 0.29) is 11.7 Å². The first-order valence-electron chi connectivity index (χ1n) is 5.63. The van der Waals surface area contributed by atoms with E-state index in [1.54, 1.807) is 36.4 Å². The van der Waals surface area contributed by atoms with Crippen molar-refractivity contribution in [3.05, 3.63) is 53.5 Å². The molecule has 0 saturated heterocycles. The van der Waals surface area contributed by atoms with E-state index in [4.69, 9.17) is 9.68 Å². The summed E-state index contributed by atoms with van der Waals surface area (Å²) in [6, 6.07) is 12.3. The lowest BCUT2D eigenvalue weighted by Gasteiger charge is -2.04. The van der Waals surface area contributed by atoms with Crippen molar-refractivity contribution < 1.29 is 9.21 Å². The molecular weight excluding hydrogens is 228 g/mol. The van der Waals surface area contributed by atoms with Gasteiger partial charge in [0, 0.05) is 6.42 Å². The van der Waals surface area contributed by atoms with E-state index in [9.17, 15) is 4.79 Å². The summed E-state index contributed by atoms with van der Waals surface area (Å²) < 4.78 is 5.35. The molecule has 1 aromatic heterocycles. The standard InChI is InChI=1S/C14H12N2O2/c1-2-11-7-8-13(18-11)14(17)16-12-6-4-3-5-10(12)9-15/h3-8H,2H2,1H3,(H,16,17). The van der Waals surface area contributed by atoms with Crippen molar-refractivity contribution in [2.24, 2.45) is 0 Å². The largest absolute Gasteiger partial charge is 0.456 e. The first-order valence-corrected chi connectivity index (χ1v) is 5.63. The Kier molecular flexibility index (Phi) is 3.44. The molecule has 0 saturated carbocycles. The number of para-hydroxylation sites is 1. The van der Waals surface area contributed by atoms with Crippen LogP contribution in [0.15, 0.2) is 40.8 Å². The summed E-state index contributed by atoms with van der Waals surface area (Å²) in [5.74, 6) is 0.658. The third kappa shape index (κ3) is 2.41. The first-order chi connectivity index (χ1) is 8.74. The Balaban J connectivity index is 2.19. The first kappa shape index (κ1) is 11.9. The summed E-state index contributed by atoms with van der Waals surface area (Å²) in [6.45, 7) is 1.95. The average Bonchev–Trinajstić information content (AvgIpc) is 2.88. The number of nitriles is 1. The molecule has 0 bridgehead atoms. The zero-order valence-electron chi connectivity index (χ0n) is 9.93. The molecule has 0 fully saturated rings. The van der Waals surface area contributed by atoms with Crippen LogP contribution in [-0.2, 0) is 6.42 Å². The van der Waals surface area contributed by atoms with Crippen molar-refractivity contribution >= 4 is 11.6 Å². The van der Waals surface area contributed by atoms with Crippen LogP contribution in [0.2, 0.25) is 0 Å². The molecule has 1 amide bonds. The number of benzene rings is 1. The molecule has 2 aromatic rings. The molecule has 0 aliphatic rings. The van der Waals surface area contributed by atoms with Gasteiger partial charge in [0.15, 0.2) is 5.76 Å². The molecule has 0 unspecified atom stereocenters. The number of amides is 1. The summed E-state index contributed by atoms with van der Waals surface area (Å²) in [4.78, 5) is 11.9. The summed E-state index contributed by atoms with van der Waals surface area (Å²) in [6.07, 6.45) is 0.738. The minimum Gasteiger partial charge on any atom is -0.456 e. The van der Waals surface area contributed by atoms with Gasteiger partial charge in [0.2, 0.25) is 0 Å². The van der Waals surface area contributed by atoms with Crippen LogP contribution < -0.4 is 5.32 Å². The van der Waals surface area contributed by atoms with Crippen molar-refractivity contribution in [1.82, 2.24) is 0 Å². The van der Waals surface area contributed by atoms with Gasteiger partial charge in [0.05, 0.1) is 11.3 Å². The molecule has 1 N–H and O–H groups in total. The van der Waals surface area contributed by atoms with E-state index in [2.05, 4.69) is 5.32 Å². The predicted molar refractivity (Wildman–Crippen MR) is 67.2 cm³/mol. The highest BCUT2D eigenvalue weighted by atomic mass is 16.3. The molecule has 0 aliphatic heterocycles. The van der Waals surface area contributed by atoms with E-state index < -0.39 is 0 Å². The lowest BCUT2D eigenvalue weighted by atomic mass is 10.2. The van der Waals surface area contributed by atoms with E-state index in [1.807, 2.05) is 13.0 Å². The molecule has 4 heteroatoms. The highest BCUT2D eigenvalue weighted by Crippen LogP contribution is 2.16. The van der Waals surface area contributed by atoms with Gasteiger partial charge >= 0.3 is 0 Å². The fraction of sp³-hybridized carbons (Fsp3) is 0.143. The number of nitrogens with zero attached hydrogens (tertiary/aromatic N) is 1. The maximum atomic E-state index is 11.9. The molecule has 1 aromatic carbocycles. The van der Waals surface area contributed by atoms with Crippen LogP contribution >= 0.6 is 0 Å². The fourth-order valence-electron chi connectivity index (χ4n) is 1.56. The zero-order chi connectivity index (χ0) is 13.0. The van der Waals surface area contributed by atoms with Gasteiger partial charge < -0.3 is 9.73 Å². The van der Waals surface area contributed by atoms with Crippen molar-refractivity contribution in [2.45, 2.75) is 13.3 Å². The van der Waals surface area contributed by atoms with Gasteiger partial charge in [0.1, 0.15) is 11.8 Å². The summed E-state index contributed by atoms with van der Waals surface area (Å²) in [5, 5.41) is 11.6. The molecule has 0 atom stereocenters.